The van der Waals surface area contributed by atoms with E-state index in [1.807, 2.05) is 24.3 Å². The first kappa shape index (κ1) is 12.2. The molecule has 0 heterocycles. The van der Waals surface area contributed by atoms with Crippen molar-refractivity contribution < 1.29 is 0 Å². The van der Waals surface area contributed by atoms with Crippen molar-refractivity contribution >= 4 is 11.4 Å². The second-order valence-corrected chi connectivity index (χ2v) is 4.38. The zero-order valence-electron chi connectivity index (χ0n) is 10.7. The van der Waals surface area contributed by atoms with E-state index >= 15 is 0 Å². The van der Waals surface area contributed by atoms with Gasteiger partial charge in [0.25, 0.3) is 0 Å². The van der Waals surface area contributed by atoms with E-state index in [1.54, 1.807) is 0 Å². The van der Waals surface area contributed by atoms with Crippen molar-refractivity contribution in [1.82, 2.24) is 0 Å². The summed E-state index contributed by atoms with van der Waals surface area (Å²) < 4.78 is 0. The van der Waals surface area contributed by atoms with E-state index in [2.05, 4.69) is 43.4 Å². The molecule has 1 N–H and O–H groups in total. The standard InChI is InChI=1S/C16H16N2/c1-12-6-5-7-13(2)16(12)18-15-9-4-3-8-14(15)10-11-17/h3-9,18H,10H2,1-2H3. The molecule has 0 fully saturated rings. The predicted molar refractivity (Wildman–Crippen MR) is 75.0 cm³/mol. The van der Waals surface area contributed by atoms with E-state index in [1.165, 1.54) is 11.1 Å². The summed E-state index contributed by atoms with van der Waals surface area (Å²) in [6.07, 6.45) is 0.425. The third-order valence-corrected chi connectivity index (χ3v) is 3.03. The van der Waals surface area contributed by atoms with Gasteiger partial charge in [0.15, 0.2) is 0 Å². The van der Waals surface area contributed by atoms with Crippen LogP contribution in [0.2, 0.25) is 0 Å². The van der Waals surface area contributed by atoms with E-state index in [4.69, 9.17) is 5.26 Å². The van der Waals surface area contributed by atoms with E-state index in [0.29, 0.717) is 6.42 Å². The van der Waals surface area contributed by atoms with Gasteiger partial charge in [0.05, 0.1) is 12.5 Å². The summed E-state index contributed by atoms with van der Waals surface area (Å²) in [6.45, 7) is 4.17. The average molecular weight is 236 g/mol. The molecule has 0 atom stereocenters. The largest absolute Gasteiger partial charge is 0.355 e. The minimum Gasteiger partial charge on any atom is -0.355 e. The summed E-state index contributed by atoms with van der Waals surface area (Å²) in [5, 5.41) is 12.3. The highest BCUT2D eigenvalue weighted by Crippen LogP contribution is 2.26. The van der Waals surface area contributed by atoms with E-state index in [-0.39, 0.29) is 0 Å². The summed E-state index contributed by atoms with van der Waals surface area (Å²) in [5.41, 5.74) is 5.59. The van der Waals surface area contributed by atoms with E-state index < -0.39 is 0 Å². The van der Waals surface area contributed by atoms with Crippen LogP contribution in [0.25, 0.3) is 0 Å². The molecule has 0 amide bonds. The molecular formula is C16H16N2. The third kappa shape index (κ3) is 2.52. The summed E-state index contributed by atoms with van der Waals surface area (Å²) in [5.74, 6) is 0. The van der Waals surface area contributed by atoms with Gasteiger partial charge in [0.1, 0.15) is 0 Å². The lowest BCUT2D eigenvalue weighted by molar-refractivity contribution is 1.25. The SMILES string of the molecule is Cc1cccc(C)c1Nc1ccccc1CC#N. The molecule has 0 aliphatic carbocycles. The molecule has 0 aliphatic rings. The molecule has 2 heteroatoms. The number of nitrogens with one attached hydrogen (secondary N) is 1. The Hall–Kier alpha value is -2.27. The Morgan fingerprint density at radius 1 is 1.00 bits per heavy atom. The highest BCUT2D eigenvalue weighted by Gasteiger charge is 2.05. The summed E-state index contributed by atoms with van der Waals surface area (Å²) in [7, 11) is 0. The van der Waals surface area contributed by atoms with Crippen LogP contribution in [0.5, 0.6) is 0 Å². The van der Waals surface area contributed by atoms with Crippen LogP contribution in [0.3, 0.4) is 0 Å². The Bertz CT molecular complexity index is 574. The van der Waals surface area contributed by atoms with Crippen molar-refractivity contribution in [2.45, 2.75) is 20.3 Å². The summed E-state index contributed by atoms with van der Waals surface area (Å²) in [4.78, 5) is 0. The molecule has 0 saturated heterocycles. The minimum atomic E-state index is 0.425. The van der Waals surface area contributed by atoms with Crippen LogP contribution < -0.4 is 5.32 Å². The van der Waals surface area contributed by atoms with Gasteiger partial charge in [-0.1, -0.05) is 36.4 Å². The van der Waals surface area contributed by atoms with Crippen molar-refractivity contribution in [3.63, 3.8) is 0 Å². The van der Waals surface area contributed by atoms with Crippen LogP contribution >= 0.6 is 0 Å². The number of rotatable bonds is 3. The van der Waals surface area contributed by atoms with Crippen LogP contribution in [0, 0.1) is 25.2 Å². The topological polar surface area (TPSA) is 35.8 Å². The van der Waals surface area contributed by atoms with Crippen LogP contribution in [-0.4, -0.2) is 0 Å². The molecule has 2 aromatic carbocycles. The van der Waals surface area contributed by atoms with Crippen LogP contribution in [-0.2, 0) is 6.42 Å². The number of hydrogen-bond acceptors (Lipinski definition) is 2. The molecule has 0 radical (unpaired) electrons. The third-order valence-electron chi connectivity index (χ3n) is 3.03. The number of benzene rings is 2. The van der Waals surface area contributed by atoms with E-state index in [9.17, 15) is 0 Å². The monoisotopic (exact) mass is 236 g/mol. The number of aryl methyl sites for hydroxylation is 2. The molecule has 18 heavy (non-hydrogen) atoms. The summed E-state index contributed by atoms with van der Waals surface area (Å²) >= 11 is 0. The fraction of sp³-hybridized carbons (Fsp3) is 0.188. The molecular weight excluding hydrogens is 220 g/mol. The van der Waals surface area contributed by atoms with Gasteiger partial charge in [-0.2, -0.15) is 5.26 Å². The fourth-order valence-electron chi connectivity index (χ4n) is 2.03. The van der Waals surface area contributed by atoms with Gasteiger partial charge in [-0.25, -0.2) is 0 Å². The van der Waals surface area contributed by atoms with Gasteiger partial charge in [-0.15, -0.1) is 0 Å². The molecule has 0 spiro atoms. The average Bonchev–Trinajstić information content (AvgIpc) is 2.36. The lowest BCUT2D eigenvalue weighted by atomic mass is 10.1. The Balaban J connectivity index is 2.38. The molecule has 0 aliphatic heterocycles. The van der Waals surface area contributed by atoms with Crippen molar-refractivity contribution in [3.8, 4) is 6.07 Å². The lowest BCUT2D eigenvalue weighted by Gasteiger charge is -2.14. The number of nitriles is 1. The Morgan fingerprint density at radius 3 is 2.33 bits per heavy atom. The van der Waals surface area contributed by atoms with Crippen molar-refractivity contribution in [3.05, 3.63) is 59.2 Å². The molecule has 2 aromatic rings. The molecule has 0 unspecified atom stereocenters. The quantitative estimate of drug-likeness (QED) is 0.870. The van der Waals surface area contributed by atoms with Gasteiger partial charge < -0.3 is 5.32 Å². The first-order valence-corrected chi connectivity index (χ1v) is 6.00. The van der Waals surface area contributed by atoms with Crippen LogP contribution in [0.4, 0.5) is 11.4 Å². The fourth-order valence-corrected chi connectivity index (χ4v) is 2.03. The lowest BCUT2D eigenvalue weighted by Crippen LogP contribution is -1.99. The maximum Gasteiger partial charge on any atom is 0.0670 e. The number of nitrogens with zero attached hydrogens (tertiary/aromatic N) is 1. The molecule has 0 bridgehead atoms. The molecule has 0 aromatic heterocycles. The highest BCUT2D eigenvalue weighted by atomic mass is 14.9. The second kappa shape index (κ2) is 5.37. The second-order valence-electron chi connectivity index (χ2n) is 4.38. The zero-order chi connectivity index (χ0) is 13.0. The van der Waals surface area contributed by atoms with Crippen molar-refractivity contribution in [1.29, 1.82) is 5.26 Å². The van der Waals surface area contributed by atoms with Crippen LogP contribution in [0.15, 0.2) is 42.5 Å². The van der Waals surface area contributed by atoms with Crippen LogP contribution in [0.1, 0.15) is 16.7 Å². The Kier molecular flexibility index (Phi) is 3.64. The van der Waals surface area contributed by atoms with Crippen molar-refractivity contribution in [2.75, 3.05) is 5.32 Å². The van der Waals surface area contributed by atoms with Gasteiger partial charge in [-0.05, 0) is 36.6 Å². The maximum atomic E-state index is 8.84. The number of anilines is 2. The van der Waals surface area contributed by atoms with Gasteiger partial charge in [-0.3, -0.25) is 0 Å². The van der Waals surface area contributed by atoms with Crippen molar-refractivity contribution in [2.24, 2.45) is 0 Å². The van der Waals surface area contributed by atoms with Gasteiger partial charge in [0.2, 0.25) is 0 Å². The molecule has 0 saturated carbocycles. The highest BCUT2D eigenvalue weighted by molar-refractivity contribution is 5.68. The Labute approximate surface area is 108 Å². The molecule has 2 nitrogen and oxygen atoms in total. The number of hydrogen-bond donors (Lipinski definition) is 1. The van der Waals surface area contributed by atoms with Gasteiger partial charge in [0, 0.05) is 11.4 Å². The smallest absolute Gasteiger partial charge is 0.0670 e. The zero-order valence-corrected chi connectivity index (χ0v) is 10.7. The maximum absolute atomic E-state index is 8.84. The first-order valence-electron chi connectivity index (χ1n) is 6.00. The first-order chi connectivity index (χ1) is 8.72. The molecule has 2 rings (SSSR count). The predicted octanol–water partition coefficient (Wildman–Crippen LogP) is 4.11. The van der Waals surface area contributed by atoms with E-state index in [0.717, 1.165) is 16.9 Å². The minimum absolute atomic E-state index is 0.425. The normalized spacial score (nSPS) is 9.83. The Morgan fingerprint density at radius 2 is 1.67 bits per heavy atom. The molecule has 90 valence electrons. The number of para-hydroxylation sites is 2. The van der Waals surface area contributed by atoms with Gasteiger partial charge >= 0.3 is 0 Å². The summed E-state index contributed by atoms with van der Waals surface area (Å²) in [6, 6.07) is 16.4.